The lowest BCUT2D eigenvalue weighted by Crippen LogP contribution is -2.41. The Morgan fingerprint density at radius 3 is 2.52 bits per heavy atom. The molecule has 1 aliphatic rings. The quantitative estimate of drug-likeness (QED) is 0.688. The second-order valence-electron chi connectivity index (χ2n) is 7.52. The molecule has 2 N–H and O–H groups in total. The Labute approximate surface area is 170 Å². The molecule has 29 heavy (non-hydrogen) atoms. The SMILES string of the molecule is Cc1ccc(S(=O)(=O)N2CCC(C(=O)Nc3nc4ccccc4[nH]3)CC2)cc1C. The molecule has 1 saturated heterocycles. The third kappa shape index (κ3) is 3.90. The van der Waals surface area contributed by atoms with Crippen LogP contribution in [0.2, 0.25) is 0 Å². The largest absolute Gasteiger partial charge is 0.324 e. The van der Waals surface area contributed by atoms with Crippen molar-refractivity contribution in [2.24, 2.45) is 5.92 Å². The third-order valence-corrected chi connectivity index (χ3v) is 7.47. The van der Waals surface area contributed by atoms with Gasteiger partial charge < -0.3 is 4.98 Å². The van der Waals surface area contributed by atoms with Crippen LogP contribution in [-0.4, -0.2) is 41.7 Å². The zero-order valence-electron chi connectivity index (χ0n) is 16.5. The molecule has 1 fully saturated rings. The van der Waals surface area contributed by atoms with E-state index >= 15 is 0 Å². The summed E-state index contributed by atoms with van der Waals surface area (Å²) in [6, 6.07) is 12.8. The van der Waals surface area contributed by atoms with Crippen LogP contribution in [0, 0.1) is 19.8 Å². The number of carbonyl (C=O) groups is 1. The zero-order chi connectivity index (χ0) is 20.6. The molecule has 3 aromatic rings. The number of aromatic amines is 1. The fourth-order valence-electron chi connectivity index (χ4n) is 3.61. The van der Waals surface area contributed by atoms with Gasteiger partial charge in [-0.15, -0.1) is 0 Å². The van der Waals surface area contributed by atoms with Gasteiger partial charge in [0.25, 0.3) is 0 Å². The summed E-state index contributed by atoms with van der Waals surface area (Å²) in [6.45, 7) is 4.52. The van der Waals surface area contributed by atoms with Crippen molar-refractivity contribution in [3.8, 4) is 0 Å². The molecular formula is C21H24N4O3S. The van der Waals surface area contributed by atoms with Gasteiger partial charge in [0, 0.05) is 19.0 Å². The lowest BCUT2D eigenvalue weighted by molar-refractivity contribution is -0.120. The predicted octanol–water partition coefficient (Wildman–Crippen LogP) is 3.22. The minimum absolute atomic E-state index is 0.132. The maximum absolute atomic E-state index is 12.9. The van der Waals surface area contributed by atoms with Crippen molar-refractivity contribution in [1.82, 2.24) is 14.3 Å². The van der Waals surface area contributed by atoms with Gasteiger partial charge in [-0.1, -0.05) is 18.2 Å². The number of aryl methyl sites for hydroxylation is 2. The van der Waals surface area contributed by atoms with E-state index in [1.54, 1.807) is 12.1 Å². The van der Waals surface area contributed by atoms with E-state index in [0.717, 1.165) is 22.2 Å². The first-order valence-electron chi connectivity index (χ1n) is 9.67. The lowest BCUT2D eigenvalue weighted by Gasteiger charge is -2.30. The van der Waals surface area contributed by atoms with Crippen LogP contribution in [0.3, 0.4) is 0 Å². The maximum Gasteiger partial charge on any atom is 0.243 e. The summed E-state index contributed by atoms with van der Waals surface area (Å²) in [4.78, 5) is 20.4. The van der Waals surface area contributed by atoms with E-state index in [1.165, 1.54) is 4.31 Å². The molecule has 4 rings (SSSR count). The van der Waals surface area contributed by atoms with Crippen LogP contribution < -0.4 is 5.32 Å². The molecule has 0 bridgehead atoms. The van der Waals surface area contributed by atoms with Gasteiger partial charge in [-0.05, 0) is 62.1 Å². The fourth-order valence-corrected chi connectivity index (χ4v) is 5.17. The number of nitrogens with one attached hydrogen (secondary N) is 2. The molecule has 0 radical (unpaired) electrons. The van der Waals surface area contributed by atoms with E-state index in [4.69, 9.17) is 0 Å². The van der Waals surface area contributed by atoms with Crippen LogP contribution in [0.25, 0.3) is 11.0 Å². The summed E-state index contributed by atoms with van der Waals surface area (Å²) in [7, 11) is -3.54. The van der Waals surface area contributed by atoms with Crippen LogP contribution in [0.15, 0.2) is 47.4 Å². The number of hydrogen-bond acceptors (Lipinski definition) is 4. The highest BCUT2D eigenvalue weighted by atomic mass is 32.2. The van der Waals surface area contributed by atoms with Crippen molar-refractivity contribution in [2.45, 2.75) is 31.6 Å². The second-order valence-corrected chi connectivity index (χ2v) is 9.45. The number of fused-ring (bicyclic) bond motifs is 1. The Morgan fingerprint density at radius 1 is 1.10 bits per heavy atom. The number of sulfonamides is 1. The predicted molar refractivity (Wildman–Crippen MR) is 112 cm³/mol. The van der Waals surface area contributed by atoms with Crippen molar-refractivity contribution in [2.75, 3.05) is 18.4 Å². The number of amides is 1. The molecule has 0 saturated carbocycles. The van der Waals surface area contributed by atoms with Gasteiger partial charge in [0.15, 0.2) is 0 Å². The molecule has 8 heteroatoms. The van der Waals surface area contributed by atoms with E-state index < -0.39 is 10.0 Å². The van der Waals surface area contributed by atoms with Gasteiger partial charge >= 0.3 is 0 Å². The Morgan fingerprint density at radius 2 is 1.83 bits per heavy atom. The van der Waals surface area contributed by atoms with E-state index in [1.807, 2.05) is 44.2 Å². The van der Waals surface area contributed by atoms with Gasteiger partial charge in [-0.3, -0.25) is 10.1 Å². The number of carbonyl (C=O) groups excluding carboxylic acids is 1. The minimum atomic E-state index is -3.54. The maximum atomic E-state index is 12.9. The van der Waals surface area contributed by atoms with Crippen molar-refractivity contribution < 1.29 is 13.2 Å². The first-order chi connectivity index (χ1) is 13.8. The number of H-pyrrole nitrogens is 1. The normalized spacial score (nSPS) is 16.2. The number of rotatable bonds is 4. The average Bonchev–Trinajstić information content (AvgIpc) is 3.12. The van der Waals surface area contributed by atoms with Crippen LogP contribution >= 0.6 is 0 Å². The fraction of sp³-hybridized carbons (Fsp3) is 0.333. The topological polar surface area (TPSA) is 95.2 Å². The molecule has 0 atom stereocenters. The number of hydrogen-bond donors (Lipinski definition) is 2. The van der Waals surface area contributed by atoms with Crippen molar-refractivity contribution in [1.29, 1.82) is 0 Å². The molecule has 1 aliphatic heterocycles. The van der Waals surface area contributed by atoms with Gasteiger partial charge in [-0.2, -0.15) is 4.31 Å². The molecule has 0 unspecified atom stereocenters. The Bertz CT molecular complexity index is 1130. The molecule has 2 heterocycles. The van der Waals surface area contributed by atoms with Gasteiger partial charge in [-0.25, -0.2) is 13.4 Å². The highest BCUT2D eigenvalue weighted by molar-refractivity contribution is 7.89. The summed E-state index contributed by atoms with van der Waals surface area (Å²) >= 11 is 0. The van der Waals surface area contributed by atoms with Crippen molar-refractivity contribution >= 4 is 32.9 Å². The number of aromatic nitrogens is 2. The average molecular weight is 413 g/mol. The van der Waals surface area contributed by atoms with Crippen LogP contribution in [0.1, 0.15) is 24.0 Å². The third-order valence-electron chi connectivity index (χ3n) is 5.57. The lowest BCUT2D eigenvalue weighted by atomic mass is 9.97. The molecule has 152 valence electrons. The summed E-state index contributed by atoms with van der Waals surface area (Å²) in [5.74, 6) is 0.0445. The number of benzene rings is 2. The molecule has 2 aromatic carbocycles. The molecule has 1 amide bonds. The van der Waals surface area contributed by atoms with E-state index in [-0.39, 0.29) is 11.8 Å². The summed E-state index contributed by atoms with van der Waals surface area (Å²) in [5.41, 5.74) is 3.66. The minimum Gasteiger partial charge on any atom is -0.324 e. The number of para-hydroxylation sites is 2. The van der Waals surface area contributed by atoms with Crippen LogP contribution in [-0.2, 0) is 14.8 Å². The summed E-state index contributed by atoms with van der Waals surface area (Å²) < 4.78 is 27.3. The first kappa shape index (κ1) is 19.6. The second kappa shape index (κ2) is 7.61. The smallest absolute Gasteiger partial charge is 0.243 e. The summed E-state index contributed by atoms with van der Waals surface area (Å²) in [6.07, 6.45) is 0.965. The zero-order valence-corrected chi connectivity index (χ0v) is 17.3. The summed E-state index contributed by atoms with van der Waals surface area (Å²) in [5, 5.41) is 2.83. The van der Waals surface area contributed by atoms with Gasteiger partial charge in [0.05, 0.1) is 15.9 Å². The van der Waals surface area contributed by atoms with Gasteiger partial charge in [0.1, 0.15) is 0 Å². The molecule has 1 aromatic heterocycles. The molecule has 0 aliphatic carbocycles. The highest BCUT2D eigenvalue weighted by Crippen LogP contribution is 2.26. The molecule has 7 nitrogen and oxygen atoms in total. The monoisotopic (exact) mass is 412 g/mol. The van der Waals surface area contributed by atoms with Crippen molar-refractivity contribution in [3.63, 3.8) is 0 Å². The Balaban J connectivity index is 1.40. The highest BCUT2D eigenvalue weighted by Gasteiger charge is 2.32. The van der Waals surface area contributed by atoms with Gasteiger partial charge in [0.2, 0.25) is 21.9 Å². The molecular weight excluding hydrogens is 388 g/mol. The van der Waals surface area contributed by atoms with Crippen LogP contribution in [0.5, 0.6) is 0 Å². The number of anilines is 1. The van der Waals surface area contributed by atoms with E-state index in [2.05, 4.69) is 15.3 Å². The number of nitrogens with zero attached hydrogens (tertiary/aromatic N) is 2. The Hall–Kier alpha value is -2.71. The number of imidazole rings is 1. The van der Waals surface area contributed by atoms with Crippen molar-refractivity contribution in [3.05, 3.63) is 53.6 Å². The van der Waals surface area contributed by atoms with Crippen LogP contribution in [0.4, 0.5) is 5.95 Å². The Kier molecular flexibility index (Phi) is 5.14. The number of piperidine rings is 1. The van der Waals surface area contributed by atoms with E-state index in [0.29, 0.717) is 36.8 Å². The molecule has 0 spiro atoms. The van der Waals surface area contributed by atoms with E-state index in [9.17, 15) is 13.2 Å². The standard InChI is InChI=1S/C21H24N4O3S/c1-14-7-8-17(13-15(14)2)29(27,28)25-11-9-16(10-12-25)20(26)24-21-22-18-5-3-4-6-19(18)23-21/h3-8,13,16H,9-12H2,1-2H3,(H2,22,23,24,26). The first-order valence-corrected chi connectivity index (χ1v) is 11.1.